The van der Waals surface area contributed by atoms with Gasteiger partial charge < -0.3 is 4.74 Å². The maximum Gasteiger partial charge on any atom is 0.325 e. The number of carbonyl (C=O) groups is 1. The Labute approximate surface area is 158 Å². The van der Waals surface area contributed by atoms with Crippen LogP contribution >= 0.6 is 0 Å². The molecule has 0 bridgehead atoms. The van der Waals surface area contributed by atoms with Crippen molar-refractivity contribution in [1.82, 2.24) is 0 Å². The fraction of sp³-hybridized carbons (Fsp3) is 0.316. The van der Waals surface area contributed by atoms with Crippen LogP contribution in [0.2, 0.25) is 0 Å². The molecule has 0 N–H and O–H groups in total. The summed E-state index contributed by atoms with van der Waals surface area (Å²) in [5.74, 6) is -2.20. The Morgan fingerprint density at radius 2 is 1.59 bits per heavy atom. The first-order valence-corrected chi connectivity index (χ1v) is 9.99. The van der Waals surface area contributed by atoms with E-state index < -0.39 is 37.9 Å². The van der Waals surface area contributed by atoms with Gasteiger partial charge in [0.2, 0.25) is 6.04 Å². The number of ether oxygens (including phenoxy) is 1. The lowest BCUT2D eigenvalue weighted by atomic mass is 9.89. The summed E-state index contributed by atoms with van der Waals surface area (Å²) < 4.78 is 31.5. The van der Waals surface area contributed by atoms with E-state index >= 15 is 0 Å². The fourth-order valence-electron chi connectivity index (χ4n) is 2.96. The first-order chi connectivity index (χ1) is 12.8. The minimum absolute atomic E-state index is 0.0337. The van der Waals surface area contributed by atoms with Crippen LogP contribution in [-0.4, -0.2) is 37.2 Å². The van der Waals surface area contributed by atoms with Gasteiger partial charge in [-0.15, -0.1) is 0 Å². The van der Waals surface area contributed by atoms with Gasteiger partial charge in [-0.1, -0.05) is 48.5 Å². The minimum atomic E-state index is -4.23. The molecular formula is C19H21NO6S. The molecule has 0 saturated heterocycles. The molecule has 8 heteroatoms. The van der Waals surface area contributed by atoms with Gasteiger partial charge in [-0.3, -0.25) is 14.9 Å². The van der Waals surface area contributed by atoms with Crippen molar-refractivity contribution in [2.75, 3.05) is 6.61 Å². The number of hydrogen-bond donors (Lipinski definition) is 0. The van der Waals surface area contributed by atoms with Crippen molar-refractivity contribution in [3.63, 3.8) is 0 Å². The van der Waals surface area contributed by atoms with Crippen molar-refractivity contribution in [3.05, 3.63) is 76.3 Å². The molecular weight excluding hydrogens is 370 g/mol. The van der Waals surface area contributed by atoms with Crippen molar-refractivity contribution in [2.45, 2.75) is 36.0 Å². The van der Waals surface area contributed by atoms with Crippen LogP contribution in [-0.2, 0) is 19.4 Å². The molecule has 0 amide bonds. The maximum atomic E-state index is 13.3. The number of nitrogens with zero attached hydrogens (tertiary/aromatic N) is 1. The van der Waals surface area contributed by atoms with Crippen molar-refractivity contribution >= 4 is 15.8 Å². The van der Waals surface area contributed by atoms with Gasteiger partial charge >= 0.3 is 5.97 Å². The lowest BCUT2D eigenvalue weighted by Crippen LogP contribution is -2.44. The van der Waals surface area contributed by atoms with Crippen LogP contribution in [0.1, 0.15) is 25.3 Å². The number of carbonyl (C=O) groups excluding carboxylic acids is 1. The zero-order valence-electron chi connectivity index (χ0n) is 15.0. The normalized spacial score (nSPS) is 14.7. The van der Waals surface area contributed by atoms with E-state index in [9.17, 15) is 23.3 Å². The highest BCUT2D eigenvalue weighted by Crippen LogP contribution is 2.33. The topological polar surface area (TPSA) is 104 Å². The summed E-state index contributed by atoms with van der Waals surface area (Å²) in [6.07, 6.45) is 0. The Balaban J connectivity index is 2.69. The molecule has 0 radical (unpaired) electrons. The van der Waals surface area contributed by atoms with E-state index in [4.69, 9.17) is 4.74 Å². The molecule has 27 heavy (non-hydrogen) atoms. The second kappa shape index (κ2) is 8.77. The van der Waals surface area contributed by atoms with Crippen LogP contribution in [0.15, 0.2) is 65.6 Å². The molecule has 0 saturated carbocycles. The molecule has 0 heterocycles. The van der Waals surface area contributed by atoms with E-state index in [-0.39, 0.29) is 11.5 Å². The fourth-order valence-corrected chi connectivity index (χ4v) is 4.88. The third-order valence-corrected chi connectivity index (χ3v) is 6.37. The molecule has 2 aromatic carbocycles. The molecule has 0 aromatic heterocycles. The van der Waals surface area contributed by atoms with Gasteiger partial charge in [0.15, 0.2) is 15.1 Å². The standard InChI is InChI=1S/C19H21NO6S/c1-3-26-19(21)18(27(24,25)16-12-8-5-9-13-16)17(14(2)20(22)23)15-10-6-4-7-11-15/h4-14,17-18H,3H2,1-2H3/t14-,17-,18-/m0/s1. The first-order valence-electron chi connectivity index (χ1n) is 8.44. The van der Waals surface area contributed by atoms with Gasteiger partial charge in [0.1, 0.15) is 0 Å². The predicted octanol–water partition coefficient (Wildman–Crippen LogP) is 2.84. The van der Waals surface area contributed by atoms with E-state index in [1.165, 1.54) is 31.2 Å². The van der Waals surface area contributed by atoms with Gasteiger partial charge in [0.05, 0.1) is 17.4 Å². The van der Waals surface area contributed by atoms with Crippen molar-refractivity contribution in [1.29, 1.82) is 0 Å². The molecule has 0 aliphatic rings. The Bertz CT molecular complexity index is 883. The molecule has 0 unspecified atom stereocenters. The van der Waals surface area contributed by atoms with Crippen molar-refractivity contribution in [2.24, 2.45) is 0 Å². The average Bonchev–Trinajstić information content (AvgIpc) is 2.66. The van der Waals surface area contributed by atoms with Crippen LogP contribution in [0, 0.1) is 10.1 Å². The number of esters is 1. The molecule has 0 fully saturated rings. The highest BCUT2D eigenvalue weighted by atomic mass is 32.2. The van der Waals surface area contributed by atoms with Crippen molar-refractivity contribution < 1.29 is 22.9 Å². The molecule has 144 valence electrons. The number of nitro groups is 1. The maximum absolute atomic E-state index is 13.3. The summed E-state index contributed by atoms with van der Waals surface area (Å²) in [6, 6.07) is 14.3. The van der Waals surface area contributed by atoms with E-state index in [0.29, 0.717) is 5.56 Å². The highest BCUT2D eigenvalue weighted by Gasteiger charge is 2.48. The largest absolute Gasteiger partial charge is 0.465 e. The lowest BCUT2D eigenvalue weighted by molar-refractivity contribution is -0.522. The zero-order valence-corrected chi connectivity index (χ0v) is 15.8. The summed E-state index contributed by atoms with van der Waals surface area (Å²) >= 11 is 0. The van der Waals surface area contributed by atoms with E-state index in [1.807, 2.05) is 0 Å². The Morgan fingerprint density at radius 1 is 1.07 bits per heavy atom. The van der Waals surface area contributed by atoms with Crippen molar-refractivity contribution in [3.8, 4) is 0 Å². The second-order valence-corrected chi connectivity index (χ2v) is 8.06. The summed E-state index contributed by atoms with van der Waals surface area (Å²) in [6.45, 7) is 2.82. The number of hydrogen-bond acceptors (Lipinski definition) is 6. The second-order valence-electron chi connectivity index (χ2n) is 5.99. The van der Waals surface area contributed by atoms with Crippen LogP contribution in [0.4, 0.5) is 0 Å². The van der Waals surface area contributed by atoms with Gasteiger partial charge in [-0.05, 0) is 24.6 Å². The van der Waals surface area contributed by atoms with E-state index in [0.717, 1.165) is 0 Å². The third kappa shape index (κ3) is 4.51. The van der Waals surface area contributed by atoms with Crippen LogP contribution in [0.3, 0.4) is 0 Å². The number of rotatable bonds is 8. The molecule has 0 spiro atoms. The summed E-state index contributed by atoms with van der Waals surface area (Å²) in [4.78, 5) is 23.5. The minimum Gasteiger partial charge on any atom is -0.465 e. The summed E-state index contributed by atoms with van der Waals surface area (Å²) in [5.41, 5.74) is 0.388. The predicted molar refractivity (Wildman–Crippen MR) is 99.7 cm³/mol. The summed E-state index contributed by atoms with van der Waals surface area (Å²) in [5, 5.41) is 9.79. The van der Waals surface area contributed by atoms with Gasteiger partial charge in [-0.2, -0.15) is 0 Å². The lowest BCUT2D eigenvalue weighted by Gasteiger charge is -2.26. The Morgan fingerprint density at radius 3 is 2.07 bits per heavy atom. The molecule has 2 rings (SSSR count). The Hall–Kier alpha value is -2.74. The molecule has 3 atom stereocenters. The van der Waals surface area contributed by atoms with Gasteiger partial charge in [0, 0.05) is 11.8 Å². The summed E-state index contributed by atoms with van der Waals surface area (Å²) in [7, 11) is -4.23. The van der Waals surface area contributed by atoms with Gasteiger partial charge in [-0.25, -0.2) is 8.42 Å². The zero-order chi connectivity index (χ0) is 20.0. The van der Waals surface area contributed by atoms with Crippen LogP contribution in [0.25, 0.3) is 0 Å². The van der Waals surface area contributed by atoms with Gasteiger partial charge in [0.25, 0.3) is 0 Å². The third-order valence-electron chi connectivity index (χ3n) is 4.29. The Kier molecular flexibility index (Phi) is 6.68. The van der Waals surface area contributed by atoms with E-state index in [2.05, 4.69) is 0 Å². The number of sulfone groups is 1. The van der Waals surface area contributed by atoms with Crippen LogP contribution in [0.5, 0.6) is 0 Å². The molecule has 7 nitrogen and oxygen atoms in total. The molecule has 0 aliphatic carbocycles. The molecule has 2 aromatic rings. The average molecular weight is 391 g/mol. The van der Waals surface area contributed by atoms with Crippen LogP contribution < -0.4 is 0 Å². The highest BCUT2D eigenvalue weighted by molar-refractivity contribution is 7.92. The SMILES string of the molecule is CCOC(=O)[C@H]([C@H](c1ccccc1)[C@H](C)[N+](=O)[O-])S(=O)(=O)c1ccccc1. The van der Waals surface area contributed by atoms with E-state index in [1.54, 1.807) is 43.3 Å². The quantitative estimate of drug-likeness (QED) is 0.389. The smallest absolute Gasteiger partial charge is 0.325 e. The monoisotopic (exact) mass is 391 g/mol. The first kappa shape index (κ1) is 20.6. The molecule has 0 aliphatic heterocycles. The number of benzene rings is 2.